The summed E-state index contributed by atoms with van der Waals surface area (Å²) in [7, 11) is 0. The van der Waals surface area contributed by atoms with Gasteiger partial charge in [0.2, 0.25) is 0 Å². The minimum absolute atomic E-state index is 0.256. The summed E-state index contributed by atoms with van der Waals surface area (Å²) in [6.07, 6.45) is 4.69. The molecule has 3 heteroatoms. The van der Waals surface area contributed by atoms with Crippen LogP contribution in [0.15, 0.2) is 22.6 Å². The standard InChI is InChI=1S/C14H16O2S/c1-7-11(15)4-8-6-14(16)9-2-3-17-12(9)5-10(14)13(7)8/h2-3,8-10,12,16H,4-6H2,1H3/t8-,9-,10+,12-,14-/m0/s1. The van der Waals surface area contributed by atoms with Gasteiger partial charge in [0, 0.05) is 23.5 Å². The minimum Gasteiger partial charge on any atom is -0.389 e. The summed E-state index contributed by atoms with van der Waals surface area (Å²) in [5.41, 5.74) is 1.72. The first kappa shape index (κ1) is 10.4. The Morgan fingerprint density at radius 2 is 2.35 bits per heavy atom. The molecule has 17 heavy (non-hydrogen) atoms. The molecule has 1 aliphatic heterocycles. The van der Waals surface area contributed by atoms with E-state index < -0.39 is 5.60 Å². The number of carbonyl (C=O) groups is 1. The monoisotopic (exact) mass is 248 g/mol. The van der Waals surface area contributed by atoms with Gasteiger partial charge in [0.05, 0.1) is 5.60 Å². The number of Topliss-reactive ketones (excluding diaryl/α,β-unsaturated/α-hetero) is 1. The molecular weight excluding hydrogens is 232 g/mol. The van der Waals surface area contributed by atoms with Crippen LogP contribution in [0.5, 0.6) is 0 Å². The number of hydrogen-bond acceptors (Lipinski definition) is 3. The van der Waals surface area contributed by atoms with E-state index in [2.05, 4.69) is 11.5 Å². The molecule has 90 valence electrons. The number of aliphatic hydroxyl groups is 1. The second-order valence-electron chi connectivity index (χ2n) is 5.92. The van der Waals surface area contributed by atoms with E-state index in [-0.39, 0.29) is 5.92 Å². The van der Waals surface area contributed by atoms with Crippen LogP contribution in [-0.4, -0.2) is 21.7 Å². The lowest BCUT2D eigenvalue weighted by molar-refractivity contribution is -0.115. The van der Waals surface area contributed by atoms with Gasteiger partial charge >= 0.3 is 0 Å². The van der Waals surface area contributed by atoms with E-state index in [0.29, 0.717) is 29.3 Å². The molecule has 0 aromatic rings. The molecule has 4 rings (SSSR count). The van der Waals surface area contributed by atoms with E-state index in [1.165, 1.54) is 5.57 Å². The molecule has 0 aromatic carbocycles. The van der Waals surface area contributed by atoms with Crippen molar-refractivity contribution in [1.29, 1.82) is 0 Å². The van der Waals surface area contributed by atoms with Gasteiger partial charge in [0.1, 0.15) is 0 Å². The summed E-state index contributed by atoms with van der Waals surface area (Å²) >= 11 is 1.86. The molecule has 0 saturated heterocycles. The van der Waals surface area contributed by atoms with Gasteiger partial charge in [-0.05, 0) is 36.7 Å². The molecule has 2 nitrogen and oxygen atoms in total. The summed E-state index contributed by atoms with van der Waals surface area (Å²) < 4.78 is 0. The molecule has 0 bridgehead atoms. The Labute approximate surface area is 105 Å². The van der Waals surface area contributed by atoms with Crippen molar-refractivity contribution in [3.63, 3.8) is 0 Å². The number of carbonyl (C=O) groups excluding carboxylic acids is 1. The second-order valence-corrected chi connectivity index (χ2v) is 7.07. The number of hydrogen-bond donors (Lipinski definition) is 1. The molecule has 3 aliphatic carbocycles. The van der Waals surface area contributed by atoms with Crippen molar-refractivity contribution >= 4 is 17.5 Å². The average molecular weight is 248 g/mol. The van der Waals surface area contributed by atoms with Crippen LogP contribution in [0.1, 0.15) is 26.2 Å². The fourth-order valence-electron chi connectivity index (χ4n) is 4.55. The third-order valence-corrected chi connectivity index (χ3v) is 6.41. The van der Waals surface area contributed by atoms with Crippen LogP contribution in [0.3, 0.4) is 0 Å². The maximum absolute atomic E-state index is 11.8. The molecular formula is C14H16O2S. The zero-order valence-electron chi connectivity index (χ0n) is 9.85. The van der Waals surface area contributed by atoms with E-state index >= 15 is 0 Å². The molecule has 1 N–H and O–H groups in total. The van der Waals surface area contributed by atoms with Gasteiger partial charge in [-0.3, -0.25) is 4.79 Å². The van der Waals surface area contributed by atoms with Gasteiger partial charge < -0.3 is 5.11 Å². The average Bonchev–Trinajstić information content (AvgIpc) is 2.93. The van der Waals surface area contributed by atoms with Gasteiger partial charge in [-0.1, -0.05) is 11.6 Å². The van der Waals surface area contributed by atoms with Gasteiger partial charge in [-0.25, -0.2) is 0 Å². The smallest absolute Gasteiger partial charge is 0.159 e. The molecule has 0 radical (unpaired) electrons. The highest BCUT2D eigenvalue weighted by Gasteiger charge is 2.62. The number of fused-ring (bicyclic) bond motifs is 5. The first-order valence-electron chi connectivity index (χ1n) is 6.39. The predicted molar refractivity (Wildman–Crippen MR) is 67.5 cm³/mol. The Morgan fingerprint density at radius 1 is 1.53 bits per heavy atom. The first-order valence-corrected chi connectivity index (χ1v) is 7.34. The van der Waals surface area contributed by atoms with Crippen molar-refractivity contribution in [2.45, 2.75) is 37.0 Å². The van der Waals surface area contributed by atoms with Crippen LogP contribution in [0.4, 0.5) is 0 Å². The number of rotatable bonds is 0. The quantitative estimate of drug-likeness (QED) is 0.714. The van der Waals surface area contributed by atoms with Crippen molar-refractivity contribution in [2.75, 3.05) is 0 Å². The van der Waals surface area contributed by atoms with Crippen LogP contribution >= 0.6 is 11.8 Å². The fourth-order valence-corrected chi connectivity index (χ4v) is 5.81. The molecule has 2 fully saturated rings. The highest BCUT2D eigenvalue weighted by Crippen LogP contribution is 2.63. The Kier molecular flexibility index (Phi) is 1.87. The lowest BCUT2D eigenvalue weighted by atomic mass is 9.84. The summed E-state index contributed by atoms with van der Waals surface area (Å²) in [4.78, 5) is 11.8. The van der Waals surface area contributed by atoms with Gasteiger partial charge in [0.25, 0.3) is 0 Å². The Bertz CT molecular complexity index is 479. The molecule has 5 atom stereocenters. The summed E-state index contributed by atoms with van der Waals surface area (Å²) in [6, 6.07) is 0. The number of allylic oxidation sites excluding steroid dienone is 1. The molecule has 0 amide bonds. The highest BCUT2D eigenvalue weighted by atomic mass is 32.2. The van der Waals surface area contributed by atoms with Crippen molar-refractivity contribution in [3.8, 4) is 0 Å². The number of thioether (sulfide) groups is 1. The Hall–Kier alpha value is -0.540. The topological polar surface area (TPSA) is 37.3 Å². The van der Waals surface area contributed by atoms with E-state index in [0.717, 1.165) is 18.4 Å². The maximum atomic E-state index is 11.8. The number of ketones is 1. The zero-order chi connectivity index (χ0) is 11.8. The summed E-state index contributed by atoms with van der Waals surface area (Å²) in [5, 5.41) is 13.7. The first-order chi connectivity index (χ1) is 8.11. The zero-order valence-corrected chi connectivity index (χ0v) is 10.7. The third kappa shape index (κ3) is 1.10. The summed E-state index contributed by atoms with van der Waals surface area (Å²) in [5.74, 6) is 1.23. The van der Waals surface area contributed by atoms with E-state index in [9.17, 15) is 9.90 Å². The highest BCUT2D eigenvalue weighted by molar-refractivity contribution is 8.03. The molecule has 0 aromatic heterocycles. The SMILES string of the molecule is CC1=C2[C@@H](CC1=O)C[C@@]1(O)[C@@H]2C[C@@H]2SC=C[C@@H]21. The van der Waals surface area contributed by atoms with Gasteiger partial charge in [0.15, 0.2) is 5.78 Å². The van der Waals surface area contributed by atoms with Gasteiger partial charge in [-0.15, -0.1) is 11.8 Å². The van der Waals surface area contributed by atoms with E-state index in [1.807, 2.05) is 18.7 Å². The molecule has 2 saturated carbocycles. The summed E-state index contributed by atoms with van der Waals surface area (Å²) in [6.45, 7) is 1.96. The Morgan fingerprint density at radius 3 is 3.18 bits per heavy atom. The predicted octanol–water partition coefficient (Wildman–Crippen LogP) is 2.29. The van der Waals surface area contributed by atoms with Crippen LogP contribution in [0, 0.1) is 17.8 Å². The lowest BCUT2D eigenvalue weighted by Crippen LogP contribution is -2.36. The van der Waals surface area contributed by atoms with Crippen LogP contribution < -0.4 is 0 Å². The Balaban J connectivity index is 1.82. The lowest BCUT2D eigenvalue weighted by Gasteiger charge is -2.28. The second kappa shape index (κ2) is 3.07. The largest absolute Gasteiger partial charge is 0.389 e. The van der Waals surface area contributed by atoms with Crippen molar-refractivity contribution in [2.24, 2.45) is 17.8 Å². The van der Waals surface area contributed by atoms with Gasteiger partial charge in [-0.2, -0.15) is 0 Å². The molecule has 1 heterocycles. The fraction of sp³-hybridized carbons (Fsp3) is 0.643. The molecule has 0 spiro atoms. The normalized spacial score (nSPS) is 51.1. The third-order valence-electron chi connectivity index (χ3n) is 5.26. The van der Waals surface area contributed by atoms with Crippen LogP contribution in [0.25, 0.3) is 0 Å². The van der Waals surface area contributed by atoms with Crippen LogP contribution in [-0.2, 0) is 4.79 Å². The van der Waals surface area contributed by atoms with E-state index in [4.69, 9.17) is 0 Å². The minimum atomic E-state index is -0.549. The van der Waals surface area contributed by atoms with Crippen LogP contribution in [0.2, 0.25) is 0 Å². The van der Waals surface area contributed by atoms with E-state index in [1.54, 1.807) is 0 Å². The molecule has 0 unspecified atom stereocenters. The van der Waals surface area contributed by atoms with Crippen molar-refractivity contribution in [1.82, 2.24) is 0 Å². The maximum Gasteiger partial charge on any atom is 0.159 e. The van der Waals surface area contributed by atoms with Crippen molar-refractivity contribution in [3.05, 3.63) is 22.6 Å². The van der Waals surface area contributed by atoms with Crippen molar-refractivity contribution < 1.29 is 9.90 Å². The molecule has 4 aliphatic rings.